The summed E-state index contributed by atoms with van der Waals surface area (Å²) >= 11 is 0. The molecule has 0 amide bonds. The number of aryl methyl sites for hydroxylation is 1. The highest BCUT2D eigenvalue weighted by molar-refractivity contribution is 5.20. The topological polar surface area (TPSA) is 81.7 Å². The molecule has 0 spiro atoms. The van der Waals surface area contributed by atoms with Crippen LogP contribution in [0.2, 0.25) is 0 Å². The van der Waals surface area contributed by atoms with Gasteiger partial charge in [-0.2, -0.15) is 0 Å². The molecule has 0 bridgehead atoms. The number of rotatable bonds is 4. The van der Waals surface area contributed by atoms with Crippen LogP contribution in [0.3, 0.4) is 0 Å². The van der Waals surface area contributed by atoms with Gasteiger partial charge in [0.2, 0.25) is 5.95 Å². The number of hydrogen-bond acceptors (Lipinski definition) is 5. The molecule has 13 heavy (non-hydrogen) atoms. The zero-order valence-electron chi connectivity index (χ0n) is 8.28. The second kappa shape index (κ2) is 3.69. The fourth-order valence-corrected chi connectivity index (χ4v) is 0.876. The highest BCUT2D eigenvalue weighted by atomic mass is 15.6. The van der Waals surface area contributed by atoms with Crippen molar-refractivity contribution in [2.24, 2.45) is 12.8 Å². The number of anilines is 1. The van der Waals surface area contributed by atoms with Gasteiger partial charge in [-0.1, -0.05) is 5.10 Å². The molecular weight excluding hydrogens is 168 g/mol. The van der Waals surface area contributed by atoms with Crippen molar-refractivity contribution in [2.75, 3.05) is 11.9 Å². The first-order valence-corrected chi connectivity index (χ1v) is 4.24. The van der Waals surface area contributed by atoms with E-state index >= 15 is 0 Å². The number of nitrogens with zero attached hydrogens (tertiary/aromatic N) is 4. The minimum atomic E-state index is -0.154. The van der Waals surface area contributed by atoms with Gasteiger partial charge in [0.1, 0.15) is 0 Å². The fourth-order valence-electron chi connectivity index (χ4n) is 0.876. The fraction of sp³-hybridized carbons (Fsp3) is 0.857. The lowest BCUT2D eigenvalue weighted by Crippen LogP contribution is -2.34. The van der Waals surface area contributed by atoms with Crippen LogP contribution in [0.5, 0.6) is 0 Å². The van der Waals surface area contributed by atoms with E-state index in [2.05, 4.69) is 20.8 Å². The number of tetrazole rings is 1. The van der Waals surface area contributed by atoms with E-state index in [-0.39, 0.29) is 5.54 Å². The minimum Gasteiger partial charge on any atom is -0.353 e. The number of aromatic nitrogens is 4. The van der Waals surface area contributed by atoms with Crippen LogP contribution >= 0.6 is 0 Å². The third-order valence-corrected chi connectivity index (χ3v) is 1.67. The van der Waals surface area contributed by atoms with Crippen molar-refractivity contribution in [1.82, 2.24) is 20.2 Å². The zero-order chi connectivity index (χ0) is 9.90. The standard InChI is InChI=1S/C7H16N6/c1-7(2,8)4-5-9-6-10-11-12-13(6)3/h4-5,8H2,1-3H3,(H,9,10,12). The molecule has 0 aliphatic rings. The molecule has 0 unspecified atom stereocenters. The van der Waals surface area contributed by atoms with Crippen molar-refractivity contribution in [1.29, 1.82) is 0 Å². The smallest absolute Gasteiger partial charge is 0.242 e. The number of hydrogen-bond donors (Lipinski definition) is 2. The van der Waals surface area contributed by atoms with Gasteiger partial charge in [0.25, 0.3) is 0 Å². The maximum atomic E-state index is 5.81. The van der Waals surface area contributed by atoms with Gasteiger partial charge in [-0.05, 0) is 30.7 Å². The summed E-state index contributed by atoms with van der Waals surface area (Å²) in [5.41, 5.74) is 5.66. The summed E-state index contributed by atoms with van der Waals surface area (Å²) < 4.78 is 1.59. The van der Waals surface area contributed by atoms with Gasteiger partial charge in [0.05, 0.1) is 0 Å². The van der Waals surface area contributed by atoms with E-state index in [1.807, 2.05) is 13.8 Å². The highest BCUT2D eigenvalue weighted by Gasteiger charge is 2.10. The first-order chi connectivity index (χ1) is 5.99. The van der Waals surface area contributed by atoms with E-state index in [9.17, 15) is 0 Å². The SMILES string of the molecule is Cn1nnnc1NCCC(C)(C)N. The summed E-state index contributed by atoms with van der Waals surface area (Å²) in [5.74, 6) is 0.671. The molecule has 0 atom stereocenters. The van der Waals surface area contributed by atoms with Crippen LogP contribution in [0.15, 0.2) is 0 Å². The molecule has 1 aromatic rings. The predicted octanol–water partition coefficient (Wildman–Crippen LogP) is -0.251. The van der Waals surface area contributed by atoms with Gasteiger partial charge in [-0.15, -0.1) is 0 Å². The molecule has 1 aromatic heterocycles. The van der Waals surface area contributed by atoms with Crippen LogP contribution in [0.25, 0.3) is 0 Å². The van der Waals surface area contributed by atoms with Gasteiger partial charge in [0.15, 0.2) is 0 Å². The van der Waals surface area contributed by atoms with Crippen LogP contribution in [0.1, 0.15) is 20.3 Å². The number of nitrogens with two attached hydrogens (primary N) is 1. The largest absolute Gasteiger partial charge is 0.353 e. The van der Waals surface area contributed by atoms with Gasteiger partial charge >= 0.3 is 0 Å². The first-order valence-electron chi connectivity index (χ1n) is 4.24. The van der Waals surface area contributed by atoms with Gasteiger partial charge in [0, 0.05) is 19.1 Å². The Kier molecular flexibility index (Phi) is 2.82. The lowest BCUT2D eigenvalue weighted by Gasteiger charge is -2.17. The zero-order valence-corrected chi connectivity index (χ0v) is 8.28. The van der Waals surface area contributed by atoms with Crippen molar-refractivity contribution in [3.8, 4) is 0 Å². The monoisotopic (exact) mass is 184 g/mol. The Morgan fingerprint density at radius 1 is 1.54 bits per heavy atom. The third-order valence-electron chi connectivity index (χ3n) is 1.67. The molecule has 3 N–H and O–H groups in total. The lowest BCUT2D eigenvalue weighted by molar-refractivity contribution is 0.489. The molecule has 74 valence electrons. The molecule has 0 saturated carbocycles. The van der Waals surface area contributed by atoms with E-state index in [1.165, 1.54) is 0 Å². The van der Waals surface area contributed by atoms with Crippen LogP contribution in [-0.2, 0) is 7.05 Å². The van der Waals surface area contributed by atoms with Crippen molar-refractivity contribution >= 4 is 5.95 Å². The average molecular weight is 184 g/mol. The van der Waals surface area contributed by atoms with Crippen LogP contribution in [-0.4, -0.2) is 32.3 Å². The molecular formula is C7H16N6. The van der Waals surface area contributed by atoms with E-state index < -0.39 is 0 Å². The molecule has 0 aliphatic carbocycles. The Bertz CT molecular complexity index is 260. The summed E-state index contributed by atoms with van der Waals surface area (Å²) in [6, 6.07) is 0. The summed E-state index contributed by atoms with van der Waals surface area (Å²) in [4.78, 5) is 0. The van der Waals surface area contributed by atoms with Crippen molar-refractivity contribution in [2.45, 2.75) is 25.8 Å². The van der Waals surface area contributed by atoms with Crippen molar-refractivity contribution in [3.05, 3.63) is 0 Å². The predicted molar refractivity (Wildman–Crippen MR) is 50.2 cm³/mol. The second-order valence-electron chi connectivity index (χ2n) is 3.79. The Morgan fingerprint density at radius 3 is 2.69 bits per heavy atom. The molecule has 1 heterocycles. The Balaban J connectivity index is 2.32. The maximum absolute atomic E-state index is 5.81. The van der Waals surface area contributed by atoms with E-state index in [0.717, 1.165) is 13.0 Å². The molecule has 1 rings (SSSR count). The van der Waals surface area contributed by atoms with E-state index in [1.54, 1.807) is 11.7 Å². The first kappa shape index (κ1) is 9.91. The molecule has 6 nitrogen and oxygen atoms in total. The van der Waals surface area contributed by atoms with Crippen LogP contribution in [0, 0.1) is 0 Å². The maximum Gasteiger partial charge on any atom is 0.242 e. The van der Waals surface area contributed by atoms with Crippen molar-refractivity contribution < 1.29 is 0 Å². The minimum absolute atomic E-state index is 0.154. The summed E-state index contributed by atoms with van der Waals surface area (Å²) in [7, 11) is 1.79. The Labute approximate surface area is 77.5 Å². The Hall–Kier alpha value is -1.17. The molecule has 6 heteroatoms. The highest BCUT2D eigenvalue weighted by Crippen LogP contribution is 2.04. The second-order valence-corrected chi connectivity index (χ2v) is 3.79. The Morgan fingerprint density at radius 2 is 2.23 bits per heavy atom. The third kappa shape index (κ3) is 3.37. The summed E-state index contributed by atoms with van der Waals surface area (Å²) in [6.45, 7) is 4.75. The quantitative estimate of drug-likeness (QED) is 0.674. The van der Waals surface area contributed by atoms with Crippen LogP contribution < -0.4 is 11.1 Å². The van der Waals surface area contributed by atoms with Crippen molar-refractivity contribution in [3.63, 3.8) is 0 Å². The summed E-state index contributed by atoms with van der Waals surface area (Å²) in [5, 5.41) is 14.1. The molecule has 0 aliphatic heterocycles. The van der Waals surface area contributed by atoms with E-state index in [4.69, 9.17) is 5.73 Å². The molecule has 0 aromatic carbocycles. The summed E-state index contributed by atoms with van der Waals surface area (Å²) in [6.07, 6.45) is 0.875. The molecule has 0 fully saturated rings. The average Bonchev–Trinajstić information content (AvgIpc) is 2.34. The van der Waals surface area contributed by atoms with Gasteiger partial charge in [-0.3, -0.25) is 0 Å². The normalized spacial score (nSPS) is 11.7. The molecule has 0 saturated heterocycles. The lowest BCUT2D eigenvalue weighted by atomic mass is 10.0. The van der Waals surface area contributed by atoms with Gasteiger partial charge < -0.3 is 11.1 Å². The van der Waals surface area contributed by atoms with Gasteiger partial charge in [-0.25, -0.2) is 4.68 Å². The molecule has 0 radical (unpaired) electrons. The van der Waals surface area contributed by atoms with Crippen LogP contribution in [0.4, 0.5) is 5.95 Å². The van der Waals surface area contributed by atoms with E-state index in [0.29, 0.717) is 5.95 Å². The number of nitrogens with one attached hydrogen (secondary N) is 1.